The maximum atomic E-state index is 16.6. The Labute approximate surface area is 242 Å². The van der Waals surface area contributed by atoms with Crippen LogP contribution in [0.25, 0.3) is 22.2 Å². The highest BCUT2D eigenvalue weighted by Crippen LogP contribution is 2.51. The second kappa shape index (κ2) is 9.17. The van der Waals surface area contributed by atoms with Crippen LogP contribution >= 0.6 is 11.6 Å². The molecule has 0 radical (unpaired) electrons. The lowest BCUT2D eigenvalue weighted by atomic mass is 9.71. The number of pyridine rings is 1. The van der Waals surface area contributed by atoms with Gasteiger partial charge in [0.15, 0.2) is 5.82 Å². The quantitative estimate of drug-likeness (QED) is 0.322. The van der Waals surface area contributed by atoms with E-state index < -0.39 is 33.8 Å². The minimum atomic E-state index is -4.91. The number of rotatable bonds is 4. The van der Waals surface area contributed by atoms with Gasteiger partial charge in [0, 0.05) is 47.8 Å². The highest BCUT2D eigenvalue weighted by atomic mass is 35.5. The predicted octanol–water partition coefficient (Wildman–Crippen LogP) is 4.73. The highest BCUT2D eigenvalue weighted by Gasteiger charge is 2.52. The molecule has 6 aliphatic rings. The number of ether oxygens (including phenoxy) is 3. The van der Waals surface area contributed by atoms with Crippen LogP contribution in [0.15, 0.2) is 12.1 Å². The molecular formula is C28H27ClF4N6O3. The minimum absolute atomic E-state index is 0.0179. The van der Waals surface area contributed by atoms with Crippen LogP contribution in [0.5, 0.6) is 11.9 Å². The van der Waals surface area contributed by atoms with Crippen molar-refractivity contribution in [2.45, 2.75) is 62.5 Å². The first-order valence-electron chi connectivity index (χ1n) is 14.1. The summed E-state index contributed by atoms with van der Waals surface area (Å²) in [6.45, 7) is 1.70. The number of anilines is 2. The lowest BCUT2D eigenvalue weighted by Crippen LogP contribution is -2.59. The maximum absolute atomic E-state index is 16.6. The first-order valence-corrected chi connectivity index (χ1v) is 14.4. The first kappa shape index (κ1) is 26.5. The molecule has 3 N–H and O–H groups in total. The molecule has 3 atom stereocenters. The van der Waals surface area contributed by atoms with E-state index in [0.717, 1.165) is 37.8 Å². The van der Waals surface area contributed by atoms with Gasteiger partial charge in [-0.3, -0.25) is 0 Å². The van der Waals surface area contributed by atoms with Gasteiger partial charge in [0.25, 0.3) is 0 Å². The third-order valence-corrected chi connectivity index (χ3v) is 9.60. The van der Waals surface area contributed by atoms with E-state index in [-0.39, 0.29) is 71.3 Å². The molecule has 4 saturated heterocycles. The van der Waals surface area contributed by atoms with E-state index in [1.54, 1.807) is 0 Å². The third-order valence-electron chi connectivity index (χ3n) is 9.30. The van der Waals surface area contributed by atoms with Crippen molar-refractivity contribution in [3.8, 4) is 23.1 Å². The van der Waals surface area contributed by atoms with Crippen molar-refractivity contribution < 1.29 is 31.8 Å². The Morgan fingerprint density at radius 3 is 2.76 bits per heavy atom. The second-order valence-electron chi connectivity index (χ2n) is 12.1. The number of alkyl halides is 3. The molecule has 1 aliphatic carbocycles. The van der Waals surface area contributed by atoms with E-state index >= 15 is 4.39 Å². The van der Waals surface area contributed by atoms with E-state index in [0.29, 0.717) is 25.4 Å². The number of nitrogens with zero attached hydrogens (tertiary/aromatic N) is 4. The predicted molar refractivity (Wildman–Crippen MR) is 145 cm³/mol. The topological polar surface area (TPSA) is 108 Å². The molecule has 1 saturated carbocycles. The summed E-state index contributed by atoms with van der Waals surface area (Å²) in [6.07, 6.45) is -0.343. The third kappa shape index (κ3) is 4.07. The van der Waals surface area contributed by atoms with Crippen molar-refractivity contribution in [2.24, 2.45) is 5.41 Å². The molecule has 5 aliphatic heterocycles. The van der Waals surface area contributed by atoms with Gasteiger partial charge in [0.05, 0.1) is 36.5 Å². The van der Waals surface area contributed by atoms with Crippen LogP contribution in [0, 0.1) is 11.2 Å². The number of benzene rings is 1. The number of nitrogens with one attached hydrogen (secondary N) is 1. The maximum Gasteiger partial charge on any atom is 0.418 e. The fourth-order valence-corrected chi connectivity index (χ4v) is 7.67. The van der Waals surface area contributed by atoms with Gasteiger partial charge in [-0.05, 0) is 37.8 Å². The van der Waals surface area contributed by atoms with E-state index in [1.807, 2.05) is 0 Å². The van der Waals surface area contributed by atoms with Crippen LogP contribution < -0.4 is 25.4 Å². The Bertz CT molecular complexity index is 1610. The largest absolute Gasteiger partial charge is 0.477 e. The van der Waals surface area contributed by atoms with Crippen molar-refractivity contribution in [2.75, 3.05) is 37.0 Å². The molecule has 4 bridgehead atoms. The molecule has 7 heterocycles. The molecule has 3 aromatic rings. The van der Waals surface area contributed by atoms with Crippen molar-refractivity contribution in [1.29, 1.82) is 0 Å². The van der Waals surface area contributed by atoms with E-state index in [1.165, 1.54) is 0 Å². The van der Waals surface area contributed by atoms with Crippen LogP contribution in [-0.4, -0.2) is 65.5 Å². The summed E-state index contributed by atoms with van der Waals surface area (Å²) in [5.74, 6) is -0.720. The summed E-state index contributed by atoms with van der Waals surface area (Å²) in [5.41, 5.74) is 2.96. The number of halogens is 5. The SMILES string of the molecule is Nc1cc(Cl)c(C(F)(F)F)c(-c2nc3c4c(nc(OCC56COC(C5)C6)nc4c2F)N2C[C@H]4CC[C@H](N4)[C@H]2CCO3)c1. The zero-order valence-electron chi connectivity index (χ0n) is 22.3. The Kier molecular flexibility index (Phi) is 5.78. The summed E-state index contributed by atoms with van der Waals surface area (Å²) >= 11 is 6.00. The van der Waals surface area contributed by atoms with E-state index in [4.69, 9.17) is 36.5 Å². The number of hydrogen-bond donors (Lipinski definition) is 2. The summed E-state index contributed by atoms with van der Waals surface area (Å²) in [6, 6.07) is 2.38. The molecule has 42 heavy (non-hydrogen) atoms. The van der Waals surface area contributed by atoms with E-state index in [2.05, 4.69) is 20.2 Å². The van der Waals surface area contributed by atoms with Crippen LogP contribution in [0.1, 0.15) is 37.7 Å². The van der Waals surface area contributed by atoms with Gasteiger partial charge in [-0.25, -0.2) is 9.37 Å². The van der Waals surface area contributed by atoms with Crippen LogP contribution in [0.2, 0.25) is 5.02 Å². The minimum Gasteiger partial charge on any atom is -0.477 e. The summed E-state index contributed by atoms with van der Waals surface area (Å²) in [4.78, 5) is 15.6. The Hall–Kier alpha value is -3.16. The summed E-state index contributed by atoms with van der Waals surface area (Å²) in [7, 11) is 0. The van der Waals surface area contributed by atoms with Gasteiger partial charge in [-0.1, -0.05) is 11.6 Å². The smallest absolute Gasteiger partial charge is 0.418 e. The van der Waals surface area contributed by atoms with Gasteiger partial charge in [-0.15, -0.1) is 0 Å². The first-order chi connectivity index (χ1) is 20.1. The normalized spacial score (nSPS) is 29.5. The van der Waals surface area contributed by atoms with Crippen molar-refractivity contribution in [1.82, 2.24) is 20.3 Å². The molecule has 5 fully saturated rings. The van der Waals surface area contributed by atoms with Gasteiger partial charge in [0.1, 0.15) is 22.4 Å². The number of aromatic nitrogens is 3. The number of piperazine rings is 1. The van der Waals surface area contributed by atoms with Crippen molar-refractivity contribution in [3.63, 3.8) is 0 Å². The van der Waals surface area contributed by atoms with Gasteiger partial charge >= 0.3 is 12.2 Å². The van der Waals surface area contributed by atoms with Crippen LogP contribution in [0.3, 0.4) is 0 Å². The monoisotopic (exact) mass is 606 g/mol. The molecule has 1 aromatic carbocycles. The lowest BCUT2D eigenvalue weighted by Gasteiger charge is -2.43. The molecule has 222 valence electrons. The van der Waals surface area contributed by atoms with Crippen LogP contribution in [0.4, 0.5) is 29.1 Å². The van der Waals surface area contributed by atoms with E-state index in [9.17, 15) is 13.2 Å². The fraction of sp³-hybridized carbons (Fsp3) is 0.536. The summed E-state index contributed by atoms with van der Waals surface area (Å²) in [5, 5.41) is 3.18. The molecule has 0 spiro atoms. The molecule has 14 heteroatoms. The molecule has 0 amide bonds. The fourth-order valence-electron chi connectivity index (χ4n) is 7.34. The standard InChI is InChI=1S/C28H27ClF4N6O3/c29-16-6-12(34)5-15(20(16)28(31,32)33)22-21(30)23-19-24(38-26(37-23)42-11-27-7-14(8-27)41-10-27)39-9-13-1-2-17(35-13)18(39)3-4-40-25(19)36-22/h5-6,13-14,17-18,35H,1-4,7-11,34H2/t13-,14?,17+,18-,27?/m1/s1. The number of fused-ring (bicyclic) bond motifs is 6. The number of nitrogen functional groups attached to an aromatic ring is 1. The van der Waals surface area contributed by atoms with Gasteiger partial charge in [0.2, 0.25) is 5.88 Å². The lowest BCUT2D eigenvalue weighted by molar-refractivity contribution is -0.137. The Morgan fingerprint density at radius 2 is 2.00 bits per heavy atom. The molecular weight excluding hydrogens is 580 g/mol. The zero-order valence-corrected chi connectivity index (χ0v) is 23.1. The van der Waals surface area contributed by atoms with Gasteiger partial charge in [-0.2, -0.15) is 23.1 Å². The molecule has 9 rings (SSSR count). The van der Waals surface area contributed by atoms with Crippen molar-refractivity contribution in [3.05, 3.63) is 28.5 Å². The molecule has 9 nitrogen and oxygen atoms in total. The highest BCUT2D eigenvalue weighted by molar-refractivity contribution is 6.32. The average Bonchev–Trinajstić information content (AvgIpc) is 3.62. The number of nitrogens with two attached hydrogens (primary N) is 1. The molecule has 0 unspecified atom stereocenters. The Balaban J connectivity index is 1.33. The molecule has 2 aromatic heterocycles. The Morgan fingerprint density at radius 1 is 1.17 bits per heavy atom. The van der Waals surface area contributed by atoms with Gasteiger partial charge < -0.3 is 30.2 Å². The zero-order chi connectivity index (χ0) is 29.0. The number of hydrogen-bond acceptors (Lipinski definition) is 9. The second-order valence-corrected chi connectivity index (χ2v) is 12.5. The average molecular weight is 607 g/mol. The van der Waals surface area contributed by atoms with Crippen LogP contribution in [-0.2, 0) is 10.9 Å². The van der Waals surface area contributed by atoms with Crippen molar-refractivity contribution >= 4 is 34.0 Å². The summed E-state index contributed by atoms with van der Waals surface area (Å²) < 4.78 is 77.0.